The Bertz CT molecular complexity index is 757. The van der Waals surface area contributed by atoms with Gasteiger partial charge in [0.25, 0.3) is 5.91 Å². The lowest BCUT2D eigenvalue weighted by molar-refractivity contribution is -0.121. The molecule has 26 heavy (non-hydrogen) atoms. The smallest absolute Gasteiger partial charge is 0.286 e. The number of rotatable bonds is 7. The zero-order valence-corrected chi connectivity index (χ0v) is 14.6. The number of amides is 2. The monoisotopic (exact) mass is 358 g/mol. The van der Waals surface area contributed by atoms with Gasteiger partial charge in [0.05, 0.1) is 12.3 Å². The summed E-state index contributed by atoms with van der Waals surface area (Å²) in [6, 6.07) is 8.77. The molecule has 3 rings (SSSR count). The van der Waals surface area contributed by atoms with Crippen molar-refractivity contribution in [1.29, 1.82) is 0 Å². The summed E-state index contributed by atoms with van der Waals surface area (Å²) in [6.45, 7) is 3.41. The number of ether oxygens (including phenoxy) is 2. The summed E-state index contributed by atoms with van der Waals surface area (Å²) in [7, 11) is 0. The highest BCUT2D eigenvalue weighted by atomic mass is 16.6. The summed E-state index contributed by atoms with van der Waals surface area (Å²) in [5.74, 6) is 1.35. The molecule has 0 bridgehead atoms. The summed E-state index contributed by atoms with van der Waals surface area (Å²) in [6.07, 6.45) is 2.32. The van der Waals surface area contributed by atoms with Gasteiger partial charge in [-0.15, -0.1) is 0 Å². The highest BCUT2D eigenvalue weighted by molar-refractivity contribution is 5.91. The van der Waals surface area contributed by atoms with Gasteiger partial charge in [0.2, 0.25) is 5.91 Å². The minimum absolute atomic E-state index is 0.0698. The van der Waals surface area contributed by atoms with Crippen molar-refractivity contribution in [1.82, 2.24) is 10.6 Å². The number of carbonyl (C=O) groups is 2. The van der Waals surface area contributed by atoms with Gasteiger partial charge in [-0.2, -0.15) is 0 Å². The SMILES string of the molecule is CC(NC(=O)CCCNC(=O)c1ccco1)c1ccc2c(c1)OCCO2. The molecule has 1 aliphatic rings. The normalized spacial score (nSPS) is 13.7. The van der Waals surface area contributed by atoms with Gasteiger partial charge in [-0.1, -0.05) is 6.07 Å². The molecule has 0 saturated carbocycles. The fourth-order valence-corrected chi connectivity index (χ4v) is 2.67. The number of nitrogens with one attached hydrogen (secondary N) is 2. The van der Waals surface area contributed by atoms with Crippen LogP contribution in [-0.2, 0) is 4.79 Å². The van der Waals surface area contributed by atoms with Crippen molar-refractivity contribution in [3.05, 3.63) is 47.9 Å². The van der Waals surface area contributed by atoms with E-state index in [0.717, 1.165) is 11.3 Å². The van der Waals surface area contributed by atoms with Crippen LogP contribution in [0.25, 0.3) is 0 Å². The Hall–Kier alpha value is -2.96. The summed E-state index contributed by atoms with van der Waals surface area (Å²) in [4.78, 5) is 23.8. The van der Waals surface area contributed by atoms with E-state index in [2.05, 4.69) is 10.6 Å². The molecule has 0 spiro atoms. The molecule has 1 atom stereocenters. The van der Waals surface area contributed by atoms with Gasteiger partial charge in [0.1, 0.15) is 13.2 Å². The Labute approximate surface area is 151 Å². The third kappa shape index (κ3) is 4.56. The second-order valence-electron chi connectivity index (χ2n) is 6.03. The maximum atomic E-state index is 12.1. The van der Waals surface area contributed by atoms with Crippen LogP contribution in [-0.4, -0.2) is 31.6 Å². The first-order valence-corrected chi connectivity index (χ1v) is 8.64. The molecular formula is C19H22N2O5. The summed E-state index contributed by atoms with van der Waals surface area (Å²) in [5.41, 5.74) is 0.953. The molecule has 2 aromatic rings. The van der Waals surface area contributed by atoms with Crippen LogP contribution in [0.15, 0.2) is 41.0 Å². The van der Waals surface area contributed by atoms with E-state index >= 15 is 0 Å². The van der Waals surface area contributed by atoms with Crippen LogP contribution in [0.4, 0.5) is 0 Å². The molecule has 7 heteroatoms. The number of hydrogen-bond acceptors (Lipinski definition) is 5. The van der Waals surface area contributed by atoms with Crippen LogP contribution < -0.4 is 20.1 Å². The van der Waals surface area contributed by atoms with Crippen molar-refractivity contribution >= 4 is 11.8 Å². The van der Waals surface area contributed by atoms with Crippen molar-refractivity contribution in [3.8, 4) is 11.5 Å². The summed E-state index contributed by atoms with van der Waals surface area (Å²) >= 11 is 0. The number of furan rings is 1. The van der Waals surface area contributed by atoms with Gasteiger partial charge in [-0.05, 0) is 43.2 Å². The van der Waals surface area contributed by atoms with E-state index < -0.39 is 0 Å². The van der Waals surface area contributed by atoms with Crippen molar-refractivity contribution in [2.45, 2.75) is 25.8 Å². The molecule has 2 N–H and O–H groups in total. The largest absolute Gasteiger partial charge is 0.486 e. The number of carbonyl (C=O) groups excluding carboxylic acids is 2. The van der Waals surface area contributed by atoms with Gasteiger partial charge in [-0.25, -0.2) is 0 Å². The standard InChI is InChI=1S/C19H22N2O5/c1-13(14-6-7-15-17(12-14)26-11-10-25-15)21-18(22)5-2-8-20-19(23)16-4-3-9-24-16/h3-4,6-7,9,12-13H,2,5,8,10-11H2,1H3,(H,20,23)(H,21,22). The predicted octanol–water partition coefficient (Wildman–Crippen LogP) is 2.44. The van der Waals surface area contributed by atoms with Gasteiger partial charge >= 0.3 is 0 Å². The van der Waals surface area contributed by atoms with Crippen LogP contribution in [0.5, 0.6) is 11.5 Å². The minimum Gasteiger partial charge on any atom is -0.486 e. The first-order chi connectivity index (χ1) is 12.6. The lowest BCUT2D eigenvalue weighted by atomic mass is 10.1. The van der Waals surface area contributed by atoms with Crippen molar-refractivity contribution < 1.29 is 23.5 Å². The van der Waals surface area contributed by atoms with E-state index in [9.17, 15) is 9.59 Å². The van der Waals surface area contributed by atoms with Crippen LogP contribution in [0.2, 0.25) is 0 Å². The molecule has 1 aromatic heterocycles. The van der Waals surface area contributed by atoms with E-state index in [1.165, 1.54) is 6.26 Å². The van der Waals surface area contributed by atoms with Gasteiger partial charge < -0.3 is 24.5 Å². The third-order valence-electron chi connectivity index (χ3n) is 4.05. The average Bonchev–Trinajstić information content (AvgIpc) is 3.19. The van der Waals surface area contributed by atoms with E-state index in [0.29, 0.717) is 38.3 Å². The molecule has 7 nitrogen and oxygen atoms in total. The highest BCUT2D eigenvalue weighted by Gasteiger charge is 2.16. The highest BCUT2D eigenvalue weighted by Crippen LogP contribution is 2.32. The van der Waals surface area contributed by atoms with Gasteiger partial charge in [0.15, 0.2) is 17.3 Å². The Morgan fingerprint density at radius 2 is 1.96 bits per heavy atom. The fourth-order valence-electron chi connectivity index (χ4n) is 2.67. The number of hydrogen-bond donors (Lipinski definition) is 2. The molecule has 1 unspecified atom stereocenters. The lowest BCUT2D eigenvalue weighted by Gasteiger charge is -2.21. The van der Waals surface area contributed by atoms with Gasteiger partial charge in [0, 0.05) is 13.0 Å². The molecule has 1 aliphatic heterocycles. The van der Waals surface area contributed by atoms with E-state index in [1.54, 1.807) is 12.1 Å². The summed E-state index contributed by atoms with van der Waals surface area (Å²) < 4.78 is 16.1. The van der Waals surface area contributed by atoms with Crippen LogP contribution in [0.3, 0.4) is 0 Å². The van der Waals surface area contributed by atoms with Crippen LogP contribution in [0, 0.1) is 0 Å². The Morgan fingerprint density at radius 1 is 1.15 bits per heavy atom. The maximum absolute atomic E-state index is 12.1. The number of fused-ring (bicyclic) bond motifs is 1. The molecule has 0 aliphatic carbocycles. The molecule has 2 heterocycles. The minimum atomic E-state index is -0.278. The maximum Gasteiger partial charge on any atom is 0.286 e. The van der Waals surface area contributed by atoms with Crippen molar-refractivity contribution in [2.24, 2.45) is 0 Å². The molecule has 138 valence electrons. The van der Waals surface area contributed by atoms with E-state index in [-0.39, 0.29) is 23.6 Å². The zero-order valence-electron chi connectivity index (χ0n) is 14.6. The summed E-state index contributed by atoms with van der Waals surface area (Å²) in [5, 5.41) is 5.67. The Morgan fingerprint density at radius 3 is 2.73 bits per heavy atom. The predicted molar refractivity (Wildman–Crippen MR) is 94.3 cm³/mol. The Balaban J connectivity index is 1.41. The molecule has 0 radical (unpaired) electrons. The van der Waals surface area contributed by atoms with Crippen molar-refractivity contribution in [3.63, 3.8) is 0 Å². The molecule has 0 saturated heterocycles. The average molecular weight is 358 g/mol. The van der Waals surface area contributed by atoms with Crippen molar-refractivity contribution in [2.75, 3.05) is 19.8 Å². The van der Waals surface area contributed by atoms with Crippen LogP contribution in [0.1, 0.15) is 41.9 Å². The quantitative estimate of drug-likeness (QED) is 0.742. The first-order valence-electron chi connectivity index (χ1n) is 8.64. The fraction of sp³-hybridized carbons (Fsp3) is 0.368. The number of benzene rings is 1. The molecule has 0 fully saturated rings. The van der Waals surface area contributed by atoms with E-state index in [1.807, 2.05) is 25.1 Å². The first kappa shape index (κ1) is 17.8. The molecule has 1 aromatic carbocycles. The second kappa shape index (κ2) is 8.42. The zero-order chi connectivity index (χ0) is 18.4. The Kier molecular flexibility index (Phi) is 5.78. The van der Waals surface area contributed by atoms with Gasteiger partial charge in [-0.3, -0.25) is 9.59 Å². The lowest BCUT2D eigenvalue weighted by Crippen LogP contribution is -2.29. The second-order valence-corrected chi connectivity index (χ2v) is 6.03. The van der Waals surface area contributed by atoms with Crippen LogP contribution >= 0.6 is 0 Å². The topological polar surface area (TPSA) is 89.8 Å². The third-order valence-corrected chi connectivity index (χ3v) is 4.05. The molecular weight excluding hydrogens is 336 g/mol. The molecule has 2 amide bonds. The van der Waals surface area contributed by atoms with E-state index in [4.69, 9.17) is 13.9 Å².